The highest BCUT2D eigenvalue weighted by Gasteiger charge is 2.15. The number of hydrogen-bond donors (Lipinski definition) is 1. The van der Waals surface area contributed by atoms with Crippen LogP contribution in [0.15, 0.2) is 16.7 Å². The molecule has 0 spiro atoms. The van der Waals surface area contributed by atoms with Crippen LogP contribution in [-0.4, -0.2) is 10.1 Å². The zero-order valence-corrected chi connectivity index (χ0v) is 10.7. The molecule has 0 bridgehead atoms. The fraction of sp³-hybridized carbons (Fsp3) is 0.385. The van der Waals surface area contributed by atoms with Crippen LogP contribution in [-0.2, 0) is 6.54 Å². The van der Waals surface area contributed by atoms with E-state index in [1.54, 1.807) is 6.07 Å². The van der Waals surface area contributed by atoms with Gasteiger partial charge in [0, 0.05) is 5.56 Å². The molecule has 0 radical (unpaired) electrons. The first-order valence-electron chi connectivity index (χ1n) is 5.86. The summed E-state index contributed by atoms with van der Waals surface area (Å²) in [5.41, 5.74) is 7.63. The van der Waals surface area contributed by atoms with Crippen molar-refractivity contribution in [3.8, 4) is 11.4 Å². The molecule has 4 nitrogen and oxygen atoms in total. The number of rotatable bonds is 3. The van der Waals surface area contributed by atoms with E-state index >= 15 is 0 Å². The Morgan fingerprint density at radius 3 is 2.67 bits per heavy atom. The van der Waals surface area contributed by atoms with E-state index in [9.17, 15) is 4.39 Å². The Hall–Kier alpha value is -1.75. The van der Waals surface area contributed by atoms with Gasteiger partial charge in [-0.05, 0) is 36.1 Å². The van der Waals surface area contributed by atoms with Crippen molar-refractivity contribution in [2.45, 2.75) is 33.2 Å². The van der Waals surface area contributed by atoms with Crippen molar-refractivity contribution in [3.63, 3.8) is 0 Å². The Morgan fingerprint density at radius 1 is 1.39 bits per heavy atom. The molecule has 1 aromatic heterocycles. The van der Waals surface area contributed by atoms with E-state index < -0.39 is 0 Å². The first-order chi connectivity index (χ1) is 8.52. The van der Waals surface area contributed by atoms with Gasteiger partial charge in [-0.25, -0.2) is 4.39 Å². The second kappa shape index (κ2) is 4.86. The summed E-state index contributed by atoms with van der Waals surface area (Å²) in [5.74, 6) is 0.730. The van der Waals surface area contributed by atoms with Crippen molar-refractivity contribution in [3.05, 3.63) is 35.0 Å². The summed E-state index contributed by atoms with van der Waals surface area (Å²) in [6.45, 7) is 5.91. The third-order valence-corrected chi connectivity index (χ3v) is 2.85. The molecule has 0 aliphatic rings. The lowest BCUT2D eigenvalue weighted by Gasteiger charge is -2.10. The Bertz CT molecular complexity index is 563. The molecule has 0 aliphatic heterocycles. The molecule has 0 aliphatic carbocycles. The molecule has 18 heavy (non-hydrogen) atoms. The molecule has 0 unspecified atom stereocenters. The number of nitrogens with zero attached hydrogens (tertiary/aromatic N) is 2. The minimum absolute atomic E-state index is 0.102. The zero-order chi connectivity index (χ0) is 13.3. The summed E-state index contributed by atoms with van der Waals surface area (Å²) in [5, 5.41) is 3.86. The van der Waals surface area contributed by atoms with Gasteiger partial charge < -0.3 is 10.3 Å². The van der Waals surface area contributed by atoms with Gasteiger partial charge in [-0.3, -0.25) is 0 Å². The Labute approximate surface area is 105 Å². The van der Waals surface area contributed by atoms with Gasteiger partial charge in [-0.1, -0.05) is 19.0 Å². The second-order valence-electron chi connectivity index (χ2n) is 4.56. The molecule has 2 N–H and O–H groups in total. The maximum Gasteiger partial charge on any atom is 0.240 e. The molecule has 0 amide bonds. The predicted octanol–water partition coefficient (Wildman–Crippen LogP) is 2.77. The molecule has 2 aromatic rings. The SMILES string of the molecule is Cc1cc(F)c(C(C)C)cc1-c1noc(CN)n1. The van der Waals surface area contributed by atoms with E-state index in [0.29, 0.717) is 17.3 Å². The van der Waals surface area contributed by atoms with E-state index in [2.05, 4.69) is 10.1 Å². The van der Waals surface area contributed by atoms with Gasteiger partial charge in [0.15, 0.2) is 0 Å². The second-order valence-corrected chi connectivity index (χ2v) is 4.56. The highest BCUT2D eigenvalue weighted by Crippen LogP contribution is 2.28. The van der Waals surface area contributed by atoms with Crippen molar-refractivity contribution in [1.82, 2.24) is 10.1 Å². The molecule has 5 heteroatoms. The first-order valence-corrected chi connectivity index (χ1v) is 5.86. The maximum atomic E-state index is 13.8. The van der Waals surface area contributed by atoms with Crippen LogP contribution >= 0.6 is 0 Å². The lowest BCUT2D eigenvalue weighted by atomic mass is 9.97. The normalized spacial score (nSPS) is 11.2. The molecule has 2 rings (SSSR count). The van der Waals surface area contributed by atoms with Crippen LogP contribution in [0.3, 0.4) is 0 Å². The lowest BCUT2D eigenvalue weighted by molar-refractivity contribution is 0.380. The van der Waals surface area contributed by atoms with Crippen molar-refractivity contribution < 1.29 is 8.91 Å². The molecule has 1 heterocycles. The maximum absolute atomic E-state index is 13.8. The lowest BCUT2D eigenvalue weighted by Crippen LogP contribution is -1.98. The molecule has 0 atom stereocenters. The van der Waals surface area contributed by atoms with Crippen molar-refractivity contribution in [2.24, 2.45) is 5.73 Å². The number of aromatic nitrogens is 2. The first kappa shape index (κ1) is 12.7. The molecule has 1 aromatic carbocycles. The monoisotopic (exact) mass is 249 g/mol. The average Bonchev–Trinajstić information content (AvgIpc) is 2.77. The van der Waals surface area contributed by atoms with Crippen LogP contribution in [0, 0.1) is 12.7 Å². The van der Waals surface area contributed by atoms with Crippen LogP contribution in [0.2, 0.25) is 0 Å². The summed E-state index contributed by atoms with van der Waals surface area (Å²) in [6.07, 6.45) is 0. The molecule has 0 saturated heterocycles. The van der Waals surface area contributed by atoms with Gasteiger partial charge >= 0.3 is 0 Å². The fourth-order valence-corrected chi connectivity index (χ4v) is 1.82. The van der Waals surface area contributed by atoms with Crippen molar-refractivity contribution >= 4 is 0 Å². The van der Waals surface area contributed by atoms with E-state index in [-0.39, 0.29) is 18.3 Å². The third-order valence-electron chi connectivity index (χ3n) is 2.85. The van der Waals surface area contributed by atoms with Gasteiger partial charge in [0.1, 0.15) is 5.82 Å². The topological polar surface area (TPSA) is 64.9 Å². The Morgan fingerprint density at radius 2 is 2.11 bits per heavy atom. The standard InChI is InChI=1S/C13H16FN3O/c1-7(2)9-5-10(8(3)4-11(9)14)13-16-12(6-15)18-17-13/h4-5,7H,6,15H2,1-3H3. The van der Waals surface area contributed by atoms with Crippen molar-refractivity contribution in [1.29, 1.82) is 0 Å². The highest BCUT2D eigenvalue weighted by molar-refractivity contribution is 5.61. The van der Waals surface area contributed by atoms with Crippen LogP contribution in [0.5, 0.6) is 0 Å². The van der Waals surface area contributed by atoms with Gasteiger partial charge in [0.2, 0.25) is 11.7 Å². The summed E-state index contributed by atoms with van der Waals surface area (Å²) in [7, 11) is 0. The predicted molar refractivity (Wildman–Crippen MR) is 66.4 cm³/mol. The minimum Gasteiger partial charge on any atom is -0.338 e. The molecule has 0 saturated carbocycles. The number of halogens is 1. The highest BCUT2D eigenvalue weighted by atomic mass is 19.1. The van der Waals surface area contributed by atoms with Gasteiger partial charge in [0.25, 0.3) is 0 Å². The van der Waals surface area contributed by atoms with Crippen LogP contribution in [0.1, 0.15) is 36.8 Å². The number of benzene rings is 1. The Kier molecular flexibility index (Phi) is 3.43. The smallest absolute Gasteiger partial charge is 0.240 e. The quantitative estimate of drug-likeness (QED) is 0.908. The van der Waals surface area contributed by atoms with Gasteiger partial charge in [-0.2, -0.15) is 4.98 Å². The summed E-state index contributed by atoms with van der Waals surface area (Å²) in [6, 6.07) is 3.28. The van der Waals surface area contributed by atoms with E-state index in [1.165, 1.54) is 6.07 Å². The van der Waals surface area contributed by atoms with Crippen LogP contribution in [0.4, 0.5) is 4.39 Å². The summed E-state index contributed by atoms with van der Waals surface area (Å²) in [4.78, 5) is 4.16. The summed E-state index contributed by atoms with van der Waals surface area (Å²) < 4.78 is 18.8. The fourth-order valence-electron chi connectivity index (χ4n) is 1.82. The average molecular weight is 249 g/mol. The van der Waals surface area contributed by atoms with E-state index in [0.717, 1.165) is 11.1 Å². The molecule has 0 fully saturated rings. The Balaban J connectivity index is 2.53. The number of nitrogens with two attached hydrogens (primary N) is 1. The minimum atomic E-state index is -0.200. The number of hydrogen-bond acceptors (Lipinski definition) is 4. The molecular weight excluding hydrogens is 233 g/mol. The van der Waals surface area contributed by atoms with Crippen LogP contribution < -0.4 is 5.73 Å². The van der Waals surface area contributed by atoms with Gasteiger partial charge in [-0.15, -0.1) is 0 Å². The zero-order valence-electron chi connectivity index (χ0n) is 10.7. The van der Waals surface area contributed by atoms with Gasteiger partial charge in [0.05, 0.1) is 6.54 Å². The molecular formula is C13H16FN3O. The van der Waals surface area contributed by atoms with Crippen molar-refractivity contribution in [2.75, 3.05) is 0 Å². The molecule has 96 valence electrons. The largest absolute Gasteiger partial charge is 0.338 e. The van der Waals surface area contributed by atoms with Crippen LogP contribution in [0.25, 0.3) is 11.4 Å². The van der Waals surface area contributed by atoms with E-state index in [1.807, 2.05) is 20.8 Å². The van der Waals surface area contributed by atoms with E-state index in [4.69, 9.17) is 10.3 Å². The summed E-state index contributed by atoms with van der Waals surface area (Å²) >= 11 is 0. The third kappa shape index (κ3) is 2.26. The number of aryl methyl sites for hydroxylation is 1.